The van der Waals surface area contributed by atoms with Crippen LogP contribution >= 0.6 is 0 Å². The van der Waals surface area contributed by atoms with Gasteiger partial charge in [0.25, 0.3) is 0 Å². The van der Waals surface area contributed by atoms with E-state index in [1.54, 1.807) is 6.92 Å². The number of carbonyl (C=O) groups is 1. The summed E-state index contributed by atoms with van der Waals surface area (Å²) in [7, 11) is 0. The lowest BCUT2D eigenvalue weighted by atomic mass is 10.2. The van der Waals surface area contributed by atoms with Crippen molar-refractivity contribution in [3.63, 3.8) is 0 Å². The maximum atomic E-state index is 12.4. The molecule has 0 N–H and O–H groups in total. The van der Waals surface area contributed by atoms with Gasteiger partial charge < -0.3 is 9.47 Å². The minimum Gasteiger partial charge on any atom is -0.501 e. The molecule has 92 valence electrons. The van der Waals surface area contributed by atoms with E-state index in [0.717, 1.165) is 6.26 Å². The zero-order valence-corrected chi connectivity index (χ0v) is 9.00. The Labute approximate surface area is 91.5 Å². The molecule has 6 heteroatoms. The summed E-state index contributed by atoms with van der Waals surface area (Å²) in [5, 5.41) is 0. The van der Waals surface area contributed by atoms with Crippen molar-refractivity contribution in [1.29, 1.82) is 0 Å². The normalized spacial score (nSPS) is 12.9. The van der Waals surface area contributed by atoms with Crippen LogP contribution in [0, 0.1) is 0 Å². The summed E-state index contributed by atoms with van der Waals surface area (Å²) in [6.07, 6.45) is -2.65. The first-order chi connectivity index (χ1) is 7.41. The lowest BCUT2D eigenvalue weighted by Gasteiger charge is -2.07. The van der Waals surface area contributed by atoms with E-state index in [1.165, 1.54) is 6.92 Å². The van der Waals surface area contributed by atoms with Crippen LogP contribution in [0.25, 0.3) is 0 Å². The van der Waals surface area contributed by atoms with Crippen LogP contribution in [0.1, 0.15) is 13.8 Å². The highest BCUT2D eigenvalue weighted by Gasteiger charge is 2.32. The van der Waals surface area contributed by atoms with E-state index in [0.29, 0.717) is 12.2 Å². The van der Waals surface area contributed by atoms with E-state index in [1.807, 2.05) is 0 Å². The van der Waals surface area contributed by atoms with Crippen molar-refractivity contribution >= 4 is 5.97 Å². The molecule has 0 rings (SSSR count). The molecule has 0 aromatic carbocycles. The molecule has 0 spiro atoms. The molecule has 0 fully saturated rings. The third-order valence-electron chi connectivity index (χ3n) is 1.40. The van der Waals surface area contributed by atoms with Crippen LogP contribution in [0.2, 0.25) is 0 Å². The molecule has 0 heterocycles. The molecule has 0 aromatic rings. The first kappa shape index (κ1) is 14.5. The smallest absolute Gasteiger partial charge is 0.416 e. The Balaban J connectivity index is 4.74. The molecule has 0 unspecified atom stereocenters. The van der Waals surface area contributed by atoms with Crippen LogP contribution in [-0.2, 0) is 14.3 Å². The van der Waals surface area contributed by atoms with Gasteiger partial charge in [-0.3, -0.25) is 0 Å². The number of carbonyl (C=O) groups excluding carboxylic acids is 1. The fourth-order valence-electron chi connectivity index (χ4n) is 0.753. The summed E-state index contributed by atoms with van der Waals surface area (Å²) in [5.74, 6) is -1.03. The molecule has 16 heavy (non-hydrogen) atoms. The van der Waals surface area contributed by atoms with Crippen molar-refractivity contribution in [1.82, 2.24) is 0 Å². The number of alkyl halides is 3. The van der Waals surface area contributed by atoms with Crippen molar-refractivity contribution in [2.75, 3.05) is 13.2 Å². The van der Waals surface area contributed by atoms with Crippen molar-refractivity contribution < 1.29 is 27.4 Å². The van der Waals surface area contributed by atoms with Crippen LogP contribution in [0.4, 0.5) is 13.2 Å². The van der Waals surface area contributed by atoms with E-state index in [9.17, 15) is 18.0 Å². The Bertz CT molecular complexity index is 280. The highest BCUT2D eigenvalue weighted by atomic mass is 19.4. The minimum absolute atomic E-state index is 0.0235. The van der Waals surface area contributed by atoms with Gasteiger partial charge >= 0.3 is 12.1 Å². The van der Waals surface area contributed by atoms with Gasteiger partial charge in [-0.15, -0.1) is 0 Å². The maximum absolute atomic E-state index is 12.4. The van der Waals surface area contributed by atoms with Crippen molar-refractivity contribution in [3.05, 3.63) is 24.0 Å². The minimum atomic E-state index is -4.61. The van der Waals surface area contributed by atoms with E-state index < -0.39 is 17.7 Å². The number of allylic oxidation sites excluding steroid dienone is 2. The summed E-state index contributed by atoms with van der Waals surface area (Å²) in [5.41, 5.74) is -1.11. The Hall–Kier alpha value is -1.46. The molecule has 0 amide bonds. The standard InChI is InChI=1S/C10H13F3O3/c1-3-15-6-5-8(10(11,12)13)7-9(14)16-4-2/h5-7H,3-4H2,1-2H3/b6-5+,8-7+. The molecule has 0 radical (unpaired) electrons. The first-order valence-corrected chi connectivity index (χ1v) is 4.65. The van der Waals surface area contributed by atoms with Crippen molar-refractivity contribution in [3.8, 4) is 0 Å². The largest absolute Gasteiger partial charge is 0.501 e. The van der Waals surface area contributed by atoms with Gasteiger partial charge in [0.15, 0.2) is 0 Å². The topological polar surface area (TPSA) is 35.5 Å². The molecule has 0 atom stereocenters. The van der Waals surface area contributed by atoms with Crippen molar-refractivity contribution in [2.24, 2.45) is 0 Å². The number of esters is 1. The summed E-state index contributed by atoms with van der Waals surface area (Å²) < 4.78 is 46.1. The van der Waals surface area contributed by atoms with Gasteiger partial charge in [-0.05, 0) is 19.9 Å². The number of rotatable bonds is 5. The highest BCUT2D eigenvalue weighted by molar-refractivity contribution is 5.83. The molecule has 3 nitrogen and oxygen atoms in total. The molecular weight excluding hydrogens is 225 g/mol. The average molecular weight is 238 g/mol. The van der Waals surface area contributed by atoms with Gasteiger partial charge in [0.05, 0.1) is 25.0 Å². The second kappa shape index (κ2) is 6.92. The molecule has 0 saturated carbocycles. The van der Waals surface area contributed by atoms with Gasteiger partial charge in [-0.1, -0.05) is 0 Å². The van der Waals surface area contributed by atoms with Gasteiger partial charge in [0.1, 0.15) is 0 Å². The fraction of sp³-hybridized carbons (Fsp3) is 0.500. The van der Waals surface area contributed by atoms with Gasteiger partial charge in [0, 0.05) is 6.08 Å². The lowest BCUT2D eigenvalue weighted by Crippen LogP contribution is -2.13. The predicted octanol–water partition coefficient (Wildman–Crippen LogP) is 2.59. The third kappa shape index (κ3) is 6.10. The zero-order chi connectivity index (χ0) is 12.6. The maximum Gasteiger partial charge on any atom is 0.416 e. The summed E-state index contributed by atoms with van der Waals surface area (Å²) in [4.78, 5) is 10.9. The molecular formula is C10H13F3O3. The molecule has 0 aliphatic rings. The zero-order valence-electron chi connectivity index (χ0n) is 9.00. The van der Waals surface area contributed by atoms with Gasteiger partial charge in [-0.25, -0.2) is 4.79 Å². The van der Waals surface area contributed by atoms with Crippen LogP contribution < -0.4 is 0 Å². The fourth-order valence-corrected chi connectivity index (χ4v) is 0.753. The molecule has 0 aliphatic heterocycles. The van der Waals surface area contributed by atoms with Crippen LogP contribution in [0.3, 0.4) is 0 Å². The predicted molar refractivity (Wildman–Crippen MR) is 51.5 cm³/mol. The second-order valence-corrected chi connectivity index (χ2v) is 2.61. The van der Waals surface area contributed by atoms with Crippen LogP contribution in [0.5, 0.6) is 0 Å². The molecule has 0 bridgehead atoms. The Kier molecular flexibility index (Phi) is 6.29. The molecule has 0 saturated heterocycles. The Morgan fingerprint density at radius 2 is 1.88 bits per heavy atom. The monoisotopic (exact) mass is 238 g/mol. The van der Waals surface area contributed by atoms with E-state index in [-0.39, 0.29) is 13.2 Å². The summed E-state index contributed by atoms with van der Waals surface area (Å²) >= 11 is 0. The third-order valence-corrected chi connectivity index (χ3v) is 1.40. The Morgan fingerprint density at radius 3 is 2.31 bits per heavy atom. The first-order valence-electron chi connectivity index (χ1n) is 4.65. The number of hydrogen-bond acceptors (Lipinski definition) is 3. The number of hydrogen-bond donors (Lipinski definition) is 0. The summed E-state index contributed by atoms with van der Waals surface area (Å²) in [6, 6.07) is 0. The number of halogens is 3. The molecule has 0 aliphatic carbocycles. The van der Waals surface area contributed by atoms with Crippen molar-refractivity contribution in [2.45, 2.75) is 20.0 Å². The highest BCUT2D eigenvalue weighted by Crippen LogP contribution is 2.26. The second-order valence-electron chi connectivity index (χ2n) is 2.61. The quantitative estimate of drug-likeness (QED) is 0.319. The number of ether oxygens (including phenoxy) is 2. The molecule has 0 aromatic heterocycles. The lowest BCUT2D eigenvalue weighted by molar-refractivity contribution is -0.138. The van der Waals surface area contributed by atoms with E-state index in [4.69, 9.17) is 0 Å². The average Bonchev–Trinajstić information content (AvgIpc) is 2.15. The van der Waals surface area contributed by atoms with E-state index in [2.05, 4.69) is 9.47 Å². The van der Waals surface area contributed by atoms with Gasteiger partial charge in [0.2, 0.25) is 0 Å². The van der Waals surface area contributed by atoms with Gasteiger partial charge in [-0.2, -0.15) is 13.2 Å². The van der Waals surface area contributed by atoms with Crippen LogP contribution in [-0.4, -0.2) is 25.4 Å². The van der Waals surface area contributed by atoms with Crippen LogP contribution in [0.15, 0.2) is 24.0 Å². The summed E-state index contributed by atoms with van der Waals surface area (Å²) in [6.45, 7) is 3.42. The SMILES string of the molecule is CCO/C=C/C(=C\C(=O)OCC)C(F)(F)F. The van der Waals surface area contributed by atoms with E-state index >= 15 is 0 Å². The Morgan fingerprint density at radius 1 is 1.25 bits per heavy atom.